The first kappa shape index (κ1) is 30.7. The van der Waals surface area contributed by atoms with E-state index in [1.165, 1.54) is 6.92 Å². The molecule has 3 rings (SSSR count). The second kappa shape index (κ2) is 11.0. The van der Waals surface area contributed by atoms with Gasteiger partial charge in [-0.3, -0.25) is 4.79 Å². The summed E-state index contributed by atoms with van der Waals surface area (Å²) in [5.74, 6) is -1.24. The second-order valence-electron chi connectivity index (χ2n) is 9.42. The van der Waals surface area contributed by atoms with Gasteiger partial charge in [-0.05, 0) is 49.1 Å². The monoisotopic (exact) mass is 572 g/mol. The number of rotatable bonds is 7. The van der Waals surface area contributed by atoms with Crippen molar-refractivity contribution >= 4 is 5.91 Å². The zero-order chi connectivity index (χ0) is 29.3. The van der Waals surface area contributed by atoms with Gasteiger partial charge in [0.1, 0.15) is 6.54 Å². The van der Waals surface area contributed by atoms with Gasteiger partial charge in [-0.1, -0.05) is 30.3 Å². The van der Waals surface area contributed by atoms with Crippen LogP contribution in [-0.2, 0) is 27.4 Å². The van der Waals surface area contributed by atoms with E-state index in [2.05, 4.69) is 5.32 Å². The summed E-state index contributed by atoms with van der Waals surface area (Å²) in [6.45, 7) is -1.17. The van der Waals surface area contributed by atoms with E-state index in [4.69, 9.17) is 4.74 Å². The number of nitrogens with one attached hydrogen (secondary N) is 2. The summed E-state index contributed by atoms with van der Waals surface area (Å²) in [6, 6.07) is 9.44. The zero-order valence-electron chi connectivity index (χ0n) is 20.4. The number of aliphatic hydroxyl groups is 1. The molecule has 0 aliphatic carbocycles. The molecule has 1 aliphatic rings. The molecule has 0 radical (unpaired) electrons. The van der Waals surface area contributed by atoms with E-state index in [1.807, 2.05) is 0 Å². The van der Waals surface area contributed by atoms with Gasteiger partial charge in [-0.25, -0.2) is 0 Å². The minimum Gasteiger partial charge on any atom is -0.379 e. The van der Waals surface area contributed by atoms with Crippen molar-refractivity contribution < 1.29 is 54.2 Å². The van der Waals surface area contributed by atoms with Crippen LogP contribution in [0.2, 0.25) is 0 Å². The largest absolute Gasteiger partial charge is 0.416 e. The van der Waals surface area contributed by atoms with Crippen molar-refractivity contribution in [1.82, 2.24) is 10.6 Å². The smallest absolute Gasteiger partial charge is 0.379 e. The predicted molar refractivity (Wildman–Crippen MR) is 120 cm³/mol. The number of β-amino-alcohol motifs (C(OH)–C–C–N with tert-alkyl or cyclic N) is 1. The Kier molecular flexibility index (Phi) is 8.63. The first-order valence-corrected chi connectivity index (χ1v) is 11.6. The Bertz CT molecular complexity index is 1110. The standard InChI is InChI=1S/C25H25F9N2O3/c1-15(16-9-18(24(29,30)31)11-19(10-16)25(32,33)34)39-14-21(17-5-3-2-4-6-17)7-8-22(38,12-36-21)20(37)35-13-23(26,27)28/h2-6,9-11,15,36,38H,7-8,12-14H2,1H3,(H,35,37)/t15?,21-,22?/m1/s1. The van der Waals surface area contributed by atoms with Crippen molar-refractivity contribution in [2.75, 3.05) is 19.7 Å². The van der Waals surface area contributed by atoms with Gasteiger partial charge >= 0.3 is 18.5 Å². The highest BCUT2D eigenvalue weighted by Gasteiger charge is 2.47. The van der Waals surface area contributed by atoms with Crippen LogP contribution in [0.5, 0.6) is 0 Å². The molecule has 1 heterocycles. The summed E-state index contributed by atoms with van der Waals surface area (Å²) in [6.07, 6.45) is -16.4. The van der Waals surface area contributed by atoms with E-state index in [0.29, 0.717) is 17.7 Å². The average molecular weight is 572 g/mol. The van der Waals surface area contributed by atoms with Gasteiger partial charge in [0.15, 0.2) is 5.60 Å². The molecule has 2 aromatic carbocycles. The maximum absolute atomic E-state index is 13.3. The Hall–Kier alpha value is -2.84. The van der Waals surface area contributed by atoms with Crippen molar-refractivity contribution in [3.8, 4) is 0 Å². The van der Waals surface area contributed by atoms with Gasteiger partial charge in [-0.2, -0.15) is 39.5 Å². The highest BCUT2D eigenvalue weighted by atomic mass is 19.4. The number of piperidine rings is 1. The van der Waals surface area contributed by atoms with Crippen LogP contribution in [-0.4, -0.2) is 42.5 Å². The molecule has 1 saturated heterocycles. The first-order valence-electron chi connectivity index (χ1n) is 11.6. The Morgan fingerprint density at radius 3 is 2.00 bits per heavy atom. The lowest BCUT2D eigenvalue weighted by molar-refractivity contribution is -0.154. The van der Waals surface area contributed by atoms with Gasteiger partial charge in [0.05, 0.1) is 29.4 Å². The van der Waals surface area contributed by atoms with Crippen LogP contribution in [0, 0.1) is 0 Å². The SMILES string of the molecule is CC(OC[C@@]1(c2ccccc2)CCC(O)(C(=O)NCC(F)(F)F)CN1)c1cc(C(F)(F)F)cc(C(F)(F)F)c1. The molecule has 2 unspecified atom stereocenters. The first-order chi connectivity index (χ1) is 17.8. The molecule has 5 nitrogen and oxygen atoms in total. The molecule has 0 saturated carbocycles. The molecule has 3 N–H and O–H groups in total. The van der Waals surface area contributed by atoms with Gasteiger partial charge < -0.3 is 20.5 Å². The molecule has 0 aromatic heterocycles. The van der Waals surface area contributed by atoms with Crippen LogP contribution in [0.25, 0.3) is 0 Å². The molecular formula is C25H25F9N2O3. The van der Waals surface area contributed by atoms with Gasteiger partial charge in [0, 0.05) is 6.54 Å². The van der Waals surface area contributed by atoms with Crippen LogP contribution in [0.4, 0.5) is 39.5 Å². The number of carbonyl (C=O) groups excluding carboxylic acids is 1. The Balaban J connectivity index is 1.83. The summed E-state index contributed by atoms with van der Waals surface area (Å²) in [4.78, 5) is 12.3. The lowest BCUT2D eigenvalue weighted by atomic mass is 9.77. The van der Waals surface area contributed by atoms with Crippen molar-refractivity contribution in [3.63, 3.8) is 0 Å². The van der Waals surface area contributed by atoms with Crippen molar-refractivity contribution in [2.45, 2.75) is 55.5 Å². The topological polar surface area (TPSA) is 70.6 Å². The number of halogens is 9. The van der Waals surface area contributed by atoms with Gasteiger partial charge in [0.2, 0.25) is 0 Å². The normalized spacial score (nSPS) is 23.4. The molecule has 0 bridgehead atoms. The molecule has 1 amide bonds. The number of carbonyl (C=O) groups is 1. The van der Waals surface area contributed by atoms with Crippen LogP contribution in [0.3, 0.4) is 0 Å². The molecule has 1 fully saturated rings. The molecule has 0 spiro atoms. The Morgan fingerprint density at radius 2 is 1.54 bits per heavy atom. The lowest BCUT2D eigenvalue weighted by Gasteiger charge is -2.45. The van der Waals surface area contributed by atoms with E-state index >= 15 is 0 Å². The third-order valence-corrected chi connectivity index (χ3v) is 6.54. The average Bonchev–Trinajstić information content (AvgIpc) is 2.85. The van der Waals surface area contributed by atoms with E-state index in [1.54, 1.807) is 35.6 Å². The van der Waals surface area contributed by atoms with Crippen molar-refractivity contribution in [3.05, 3.63) is 70.8 Å². The number of hydrogen-bond acceptors (Lipinski definition) is 4. The van der Waals surface area contributed by atoms with Crippen LogP contribution < -0.4 is 10.6 Å². The van der Waals surface area contributed by atoms with E-state index in [9.17, 15) is 49.4 Å². The molecule has 216 valence electrons. The fraction of sp³-hybridized carbons (Fsp3) is 0.480. The highest BCUT2D eigenvalue weighted by molar-refractivity contribution is 5.85. The van der Waals surface area contributed by atoms with E-state index < -0.39 is 65.9 Å². The van der Waals surface area contributed by atoms with Crippen LogP contribution >= 0.6 is 0 Å². The molecule has 1 aliphatic heterocycles. The molecule has 14 heteroatoms. The zero-order valence-corrected chi connectivity index (χ0v) is 20.4. The number of hydrogen-bond donors (Lipinski definition) is 3. The highest BCUT2D eigenvalue weighted by Crippen LogP contribution is 2.39. The summed E-state index contributed by atoms with van der Waals surface area (Å²) >= 11 is 0. The van der Waals surface area contributed by atoms with Crippen LogP contribution in [0.1, 0.15) is 48.1 Å². The van der Waals surface area contributed by atoms with Crippen LogP contribution in [0.15, 0.2) is 48.5 Å². The van der Waals surface area contributed by atoms with Crippen molar-refractivity contribution in [1.29, 1.82) is 0 Å². The minimum absolute atomic E-state index is 0.00897. The Morgan fingerprint density at radius 1 is 0.974 bits per heavy atom. The summed E-state index contributed by atoms with van der Waals surface area (Å²) in [7, 11) is 0. The molecular weight excluding hydrogens is 547 g/mol. The van der Waals surface area contributed by atoms with Gasteiger partial charge in [-0.15, -0.1) is 0 Å². The molecule has 3 atom stereocenters. The predicted octanol–water partition coefficient (Wildman–Crippen LogP) is 5.49. The number of alkyl halides is 9. The van der Waals surface area contributed by atoms with E-state index in [-0.39, 0.29) is 31.1 Å². The maximum Gasteiger partial charge on any atom is 0.416 e. The minimum atomic E-state index is -5.04. The third kappa shape index (κ3) is 7.63. The maximum atomic E-state index is 13.3. The second-order valence-corrected chi connectivity index (χ2v) is 9.42. The number of ether oxygens (including phenoxy) is 1. The summed E-state index contributed by atoms with van der Waals surface area (Å²) in [5.41, 5.74) is -6.16. The van der Waals surface area contributed by atoms with Crippen molar-refractivity contribution in [2.24, 2.45) is 0 Å². The van der Waals surface area contributed by atoms with Gasteiger partial charge in [0.25, 0.3) is 5.91 Å². The molecule has 39 heavy (non-hydrogen) atoms. The quantitative estimate of drug-likeness (QED) is 0.384. The van der Waals surface area contributed by atoms with E-state index in [0.717, 1.165) is 0 Å². The third-order valence-electron chi connectivity index (χ3n) is 6.54. The Labute approximate surface area is 217 Å². The fourth-order valence-electron chi connectivity index (χ4n) is 4.24. The number of amides is 1. The summed E-state index contributed by atoms with van der Waals surface area (Å²) < 4.78 is 123. The summed E-state index contributed by atoms with van der Waals surface area (Å²) in [5, 5.41) is 15.2. The molecule has 2 aromatic rings. The number of benzene rings is 2. The fourth-order valence-corrected chi connectivity index (χ4v) is 4.24. The lowest BCUT2D eigenvalue weighted by Crippen LogP contribution is -2.63.